The molecule has 8 aromatic carbocycles. The number of rotatable bonds is 8. The summed E-state index contributed by atoms with van der Waals surface area (Å²) in [7, 11) is 0. The molecule has 0 radical (unpaired) electrons. The number of hydrogen-bond acceptors (Lipinski definition) is 1. The Morgan fingerprint density at radius 3 is 1.39 bits per heavy atom. The zero-order chi connectivity index (χ0) is 38.9. The number of anilines is 3. The minimum Gasteiger partial charge on any atom is -0.311 e. The third-order valence-electron chi connectivity index (χ3n) is 14.3. The molecule has 0 N–H and O–H groups in total. The fraction of sp³-hybridized carbons (Fsp3) is 0.158. The summed E-state index contributed by atoms with van der Waals surface area (Å²) < 4.78 is 2.42. The maximum atomic E-state index is 2.46. The first-order chi connectivity index (χ1) is 29.2. The largest absolute Gasteiger partial charge is 0.311 e. The molecule has 59 heavy (non-hydrogen) atoms. The molecular formula is C57H46N2. The van der Waals surface area contributed by atoms with E-state index in [1.54, 1.807) is 5.56 Å². The Morgan fingerprint density at radius 1 is 0.390 bits per heavy atom. The molecule has 0 saturated heterocycles. The summed E-state index contributed by atoms with van der Waals surface area (Å²) >= 11 is 0. The maximum Gasteiger partial charge on any atom is 0.0541 e. The van der Waals surface area contributed by atoms with Gasteiger partial charge in [0.15, 0.2) is 0 Å². The van der Waals surface area contributed by atoms with E-state index in [-0.39, 0.29) is 0 Å². The van der Waals surface area contributed by atoms with Crippen LogP contribution < -0.4 is 4.90 Å². The van der Waals surface area contributed by atoms with Gasteiger partial charge in [-0.3, -0.25) is 0 Å². The molecule has 2 nitrogen and oxygen atoms in total. The van der Waals surface area contributed by atoms with E-state index in [4.69, 9.17) is 0 Å². The van der Waals surface area contributed by atoms with Crippen molar-refractivity contribution in [1.29, 1.82) is 0 Å². The van der Waals surface area contributed by atoms with E-state index in [2.05, 4.69) is 210 Å². The van der Waals surface area contributed by atoms with E-state index in [1.165, 1.54) is 98.7 Å². The number of fused-ring (bicyclic) bond motifs is 3. The quantitative estimate of drug-likeness (QED) is 0.150. The molecule has 284 valence electrons. The summed E-state index contributed by atoms with van der Waals surface area (Å²) in [4.78, 5) is 2.42. The van der Waals surface area contributed by atoms with Gasteiger partial charge >= 0.3 is 0 Å². The van der Waals surface area contributed by atoms with Crippen molar-refractivity contribution in [2.24, 2.45) is 17.8 Å². The molecule has 1 aromatic heterocycles. The van der Waals surface area contributed by atoms with Crippen LogP contribution in [0, 0.1) is 17.8 Å². The minimum absolute atomic E-state index is 0.404. The van der Waals surface area contributed by atoms with Crippen LogP contribution in [0.1, 0.15) is 37.7 Å². The molecule has 4 saturated carbocycles. The zero-order valence-electron chi connectivity index (χ0n) is 33.2. The Morgan fingerprint density at radius 2 is 0.831 bits per heavy atom. The lowest BCUT2D eigenvalue weighted by Crippen LogP contribution is -2.31. The number of benzene rings is 8. The molecule has 0 amide bonds. The third-order valence-corrected chi connectivity index (χ3v) is 14.3. The SMILES string of the molecule is c1ccc(-c2ccc(N(c3ccc(-c4ccc(-c5ccccc5-n5c6ccccc6c6ccccc65)cc4)cc3)c3ccc(C45CC6C[C@H](C[C@H]6C4)C5)cc3)cc2)cc1. The van der Waals surface area contributed by atoms with Gasteiger partial charge in [0.05, 0.1) is 16.7 Å². The van der Waals surface area contributed by atoms with Gasteiger partial charge in [-0.25, -0.2) is 0 Å². The van der Waals surface area contributed by atoms with E-state index in [0.29, 0.717) is 5.41 Å². The van der Waals surface area contributed by atoms with Crippen molar-refractivity contribution in [2.75, 3.05) is 4.90 Å². The lowest BCUT2D eigenvalue weighted by molar-refractivity contribution is 0.229. The zero-order valence-corrected chi connectivity index (χ0v) is 33.2. The van der Waals surface area contributed by atoms with Gasteiger partial charge in [0.2, 0.25) is 0 Å². The predicted molar refractivity (Wildman–Crippen MR) is 247 cm³/mol. The average Bonchev–Trinajstić information content (AvgIpc) is 3.89. The molecule has 0 spiro atoms. The predicted octanol–water partition coefficient (Wildman–Crippen LogP) is 15.3. The lowest BCUT2D eigenvalue weighted by atomic mass is 9.66. The first-order valence-corrected chi connectivity index (χ1v) is 21.5. The van der Waals surface area contributed by atoms with Crippen LogP contribution in [0.4, 0.5) is 17.1 Å². The summed E-state index contributed by atoms with van der Waals surface area (Å²) in [5.41, 5.74) is 16.4. The van der Waals surface area contributed by atoms with Gasteiger partial charge in [-0.2, -0.15) is 0 Å². The monoisotopic (exact) mass is 758 g/mol. The Balaban J connectivity index is 0.869. The van der Waals surface area contributed by atoms with Crippen LogP contribution in [0.25, 0.3) is 60.9 Å². The maximum absolute atomic E-state index is 2.46. The molecule has 2 unspecified atom stereocenters. The van der Waals surface area contributed by atoms with Gasteiger partial charge in [0.1, 0.15) is 0 Å². The van der Waals surface area contributed by atoms with Gasteiger partial charge in [0, 0.05) is 33.4 Å². The smallest absolute Gasteiger partial charge is 0.0541 e. The van der Waals surface area contributed by atoms with Crippen molar-refractivity contribution in [3.05, 3.63) is 206 Å². The molecule has 0 aliphatic heterocycles. The third kappa shape index (κ3) is 5.76. The number of hydrogen-bond donors (Lipinski definition) is 0. The van der Waals surface area contributed by atoms with Gasteiger partial charge in [0.25, 0.3) is 0 Å². The first-order valence-electron chi connectivity index (χ1n) is 21.5. The van der Waals surface area contributed by atoms with E-state index >= 15 is 0 Å². The highest BCUT2D eigenvalue weighted by Crippen LogP contribution is 2.64. The highest BCUT2D eigenvalue weighted by atomic mass is 15.1. The normalized spacial score (nSPS) is 20.4. The summed E-state index contributed by atoms with van der Waals surface area (Å²) in [6.45, 7) is 0. The van der Waals surface area contributed by atoms with Crippen LogP contribution in [0.5, 0.6) is 0 Å². The minimum atomic E-state index is 0.404. The second-order valence-corrected chi connectivity index (χ2v) is 17.6. The molecule has 2 heteroatoms. The fourth-order valence-electron chi connectivity index (χ4n) is 11.7. The summed E-state index contributed by atoms with van der Waals surface area (Å²) in [6.07, 6.45) is 7.15. The van der Waals surface area contributed by atoms with Crippen molar-refractivity contribution >= 4 is 38.9 Å². The fourth-order valence-corrected chi connectivity index (χ4v) is 11.7. The Labute approximate surface area is 347 Å². The molecule has 4 bridgehead atoms. The van der Waals surface area contributed by atoms with Gasteiger partial charge in [-0.05, 0) is 143 Å². The van der Waals surface area contributed by atoms with E-state index in [1.807, 2.05) is 0 Å². The molecule has 4 aliphatic rings. The number of nitrogens with zero attached hydrogens (tertiary/aromatic N) is 2. The molecule has 1 heterocycles. The molecule has 13 rings (SSSR count). The van der Waals surface area contributed by atoms with Crippen molar-refractivity contribution in [3.63, 3.8) is 0 Å². The number of para-hydroxylation sites is 3. The highest BCUT2D eigenvalue weighted by molar-refractivity contribution is 6.09. The van der Waals surface area contributed by atoms with Gasteiger partial charge < -0.3 is 9.47 Å². The van der Waals surface area contributed by atoms with Crippen molar-refractivity contribution in [3.8, 4) is 39.1 Å². The molecule has 4 aliphatic carbocycles. The summed E-state index contributed by atoms with van der Waals surface area (Å²) in [6, 6.07) is 73.9. The van der Waals surface area contributed by atoms with Crippen LogP contribution in [0.15, 0.2) is 200 Å². The molecular weight excluding hydrogens is 713 g/mol. The second kappa shape index (κ2) is 13.7. The van der Waals surface area contributed by atoms with Crippen LogP contribution in [0.3, 0.4) is 0 Å². The topological polar surface area (TPSA) is 8.17 Å². The Bertz CT molecular complexity index is 2880. The van der Waals surface area contributed by atoms with Gasteiger partial charge in [-0.15, -0.1) is 0 Å². The average molecular weight is 759 g/mol. The van der Waals surface area contributed by atoms with E-state index in [9.17, 15) is 0 Å². The highest BCUT2D eigenvalue weighted by Gasteiger charge is 2.56. The van der Waals surface area contributed by atoms with E-state index < -0.39 is 0 Å². The van der Waals surface area contributed by atoms with Crippen molar-refractivity contribution in [1.82, 2.24) is 4.57 Å². The Hall–Kier alpha value is -6.64. The lowest BCUT2D eigenvalue weighted by Gasteiger charge is -2.39. The van der Waals surface area contributed by atoms with Crippen LogP contribution >= 0.6 is 0 Å². The van der Waals surface area contributed by atoms with E-state index in [0.717, 1.165) is 29.1 Å². The van der Waals surface area contributed by atoms with Crippen LogP contribution in [-0.2, 0) is 5.41 Å². The van der Waals surface area contributed by atoms with Crippen molar-refractivity contribution in [2.45, 2.75) is 37.5 Å². The number of aromatic nitrogens is 1. The Kier molecular flexibility index (Phi) is 8.01. The molecule has 9 aromatic rings. The summed E-state index contributed by atoms with van der Waals surface area (Å²) in [5.74, 6) is 2.87. The first kappa shape index (κ1) is 34.4. The van der Waals surface area contributed by atoms with Gasteiger partial charge in [-0.1, -0.05) is 146 Å². The standard InChI is InChI=1S/C57H46N2/c1-2-10-40(11-3-1)42-22-28-48(29-23-42)58(50-32-26-47(27-33-50)57-36-39-34-45(37-57)46(35-39)38-57)49-30-24-43(25-31-49)41-18-20-44(21-19-41)51-12-4-7-15-54(51)59-55-16-8-5-13-52(55)53-14-6-9-17-56(53)59/h1-33,39,45-46H,34-38H2/t39-,45-,46?,57?/m0/s1. The molecule has 4 fully saturated rings. The van der Waals surface area contributed by atoms with Crippen molar-refractivity contribution < 1.29 is 0 Å². The van der Waals surface area contributed by atoms with Crippen LogP contribution in [-0.4, -0.2) is 4.57 Å². The van der Waals surface area contributed by atoms with Crippen LogP contribution in [0.2, 0.25) is 0 Å². The summed E-state index contributed by atoms with van der Waals surface area (Å²) in [5, 5.41) is 2.55. The molecule has 4 atom stereocenters. The second-order valence-electron chi connectivity index (χ2n) is 17.6.